The molecule has 0 heterocycles. The molecule has 0 saturated heterocycles. The van der Waals surface area contributed by atoms with Crippen LogP contribution in [0.4, 0.5) is 0 Å². The van der Waals surface area contributed by atoms with Gasteiger partial charge in [-0.1, -0.05) is 13.3 Å². The predicted octanol–water partition coefficient (Wildman–Crippen LogP) is 0.878. The van der Waals surface area contributed by atoms with Crippen molar-refractivity contribution in [2.45, 2.75) is 43.9 Å². The van der Waals surface area contributed by atoms with Crippen LogP contribution in [-0.4, -0.2) is 54.5 Å². The molecule has 0 bridgehead atoms. The first-order valence-electron chi connectivity index (χ1n) is 7.04. The van der Waals surface area contributed by atoms with E-state index in [9.17, 15) is 4.21 Å². The molecule has 5 nitrogen and oxygen atoms in total. The largest absolute Gasteiger partial charge is 0.383 e. The Hall–Kier alpha value is -0.620. The molecule has 0 aliphatic heterocycles. The van der Waals surface area contributed by atoms with Crippen molar-refractivity contribution in [1.29, 1.82) is 0 Å². The van der Waals surface area contributed by atoms with E-state index in [0.717, 1.165) is 43.9 Å². The van der Waals surface area contributed by atoms with Gasteiger partial charge in [-0.05, 0) is 19.3 Å². The van der Waals surface area contributed by atoms with E-state index in [0.29, 0.717) is 17.9 Å². The summed E-state index contributed by atoms with van der Waals surface area (Å²) < 4.78 is 16.9. The lowest BCUT2D eigenvalue weighted by Crippen LogP contribution is -2.47. The second-order valence-electron chi connectivity index (χ2n) is 4.79. The van der Waals surface area contributed by atoms with Crippen molar-refractivity contribution in [3.63, 3.8) is 0 Å². The lowest BCUT2D eigenvalue weighted by molar-refractivity contribution is 0.203. The van der Waals surface area contributed by atoms with Gasteiger partial charge in [-0.3, -0.25) is 9.20 Å². The predicted molar refractivity (Wildman–Crippen MR) is 81.1 cm³/mol. The first-order valence-corrected chi connectivity index (χ1v) is 8.42. The Labute approximate surface area is 119 Å². The van der Waals surface area contributed by atoms with Crippen LogP contribution in [0.15, 0.2) is 4.99 Å². The SMILES string of the molecule is CCS(=O)C1CCCC(NC(=NC)NCCOC)C1. The number of nitrogens with one attached hydrogen (secondary N) is 2. The first kappa shape index (κ1) is 16.4. The van der Waals surface area contributed by atoms with Crippen LogP contribution < -0.4 is 10.6 Å². The molecule has 0 aromatic rings. The van der Waals surface area contributed by atoms with E-state index in [2.05, 4.69) is 15.6 Å². The van der Waals surface area contributed by atoms with Crippen LogP contribution in [0.5, 0.6) is 0 Å². The van der Waals surface area contributed by atoms with Crippen LogP contribution in [0, 0.1) is 0 Å². The summed E-state index contributed by atoms with van der Waals surface area (Å²) in [5.74, 6) is 1.57. The maximum atomic E-state index is 11.9. The van der Waals surface area contributed by atoms with Crippen molar-refractivity contribution in [2.24, 2.45) is 4.99 Å². The monoisotopic (exact) mass is 289 g/mol. The van der Waals surface area contributed by atoms with E-state index < -0.39 is 10.8 Å². The summed E-state index contributed by atoms with van der Waals surface area (Å²) >= 11 is 0. The molecule has 0 aromatic carbocycles. The molecule has 6 heteroatoms. The normalized spacial score (nSPS) is 25.9. The van der Waals surface area contributed by atoms with E-state index in [4.69, 9.17) is 4.74 Å². The zero-order chi connectivity index (χ0) is 14.1. The van der Waals surface area contributed by atoms with Gasteiger partial charge in [0.15, 0.2) is 5.96 Å². The van der Waals surface area contributed by atoms with Crippen LogP contribution in [0.3, 0.4) is 0 Å². The van der Waals surface area contributed by atoms with Crippen LogP contribution in [0.1, 0.15) is 32.6 Å². The molecular weight excluding hydrogens is 262 g/mol. The highest BCUT2D eigenvalue weighted by Crippen LogP contribution is 2.22. The molecule has 2 N–H and O–H groups in total. The molecule has 1 fully saturated rings. The molecule has 0 amide bonds. The zero-order valence-electron chi connectivity index (χ0n) is 12.3. The minimum Gasteiger partial charge on any atom is -0.383 e. The minimum atomic E-state index is -0.678. The standard InChI is InChI=1S/C13H27N3O2S/c1-4-19(17)12-7-5-6-11(10-12)16-13(14-2)15-8-9-18-3/h11-12H,4-10H2,1-3H3,(H2,14,15,16). The summed E-state index contributed by atoms with van der Waals surface area (Å²) in [5.41, 5.74) is 0. The van der Waals surface area contributed by atoms with Gasteiger partial charge in [-0.25, -0.2) is 0 Å². The highest BCUT2D eigenvalue weighted by molar-refractivity contribution is 7.85. The molecule has 1 aliphatic rings. The fourth-order valence-electron chi connectivity index (χ4n) is 2.41. The molecular formula is C13H27N3O2S. The smallest absolute Gasteiger partial charge is 0.191 e. The lowest BCUT2D eigenvalue weighted by Gasteiger charge is -2.30. The van der Waals surface area contributed by atoms with Crippen LogP contribution in [0.2, 0.25) is 0 Å². The Kier molecular flexibility index (Phi) is 8.05. The van der Waals surface area contributed by atoms with E-state index in [-0.39, 0.29) is 0 Å². The zero-order valence-corrected chi connectivity index (χ0v) is 13.1. The summed E-state index contributed by atoms with van der Waals surface area (Å²) in [4.78, 5) is 4.21. The fourth-order valence-corrected chi connectivity index (χ4v) is 3.76. The third-order valence-corrected chi connectivity index (χ3v) is 5.19. The van der Waals surface area contributed by atoms with Gasteiger partial charge in [0.25, 0.3) is 0 Å². The molecule has 1 aliphatic carbocycles. The molecule has 1 rings (SSSR count). The summed E-state index contributed by atoms with van der Waals surface area (Å²) in [7, 11) is 2.78. The third kappa shape index (κ3) is 5.91. The average Bonchev–Trinajstić information content (AvgIpc) is 2.45. The van der Waals surface area contributed by atoms with Crippen LogP contribution in [-0.2, 0) is 15.5 Å². The van der Waals surface area contributed by atoms with Gasteiger partial charge in [0.05, 0.1) is 6.61 Å². The Morgan fingerprint density at radius 2 is 2.26 bits per heavy atom. The number of rotatable bonds is 6. The Morgan fingerprint density at radius 3 is 2.89 bits per heavy atom. The minimum absolute atomic E-state index is 0.341. The van der Waals surface area contributed by atoms with Gasteiger partial charge in [0.2, 0.25) is 0 Å². The average molecular weight is 289 g/mol. The number of hydrogen-bond donors (Lipinski definition) is 2. The molecule has 0 radical (unpaired) electrons. The first-order chi connectivity index (χ1) is 9.21. The highest BCUT2D eigenvalue weighted by atomic mass is 32.2. The van der Waals surface area contributed by atoms with Crippen molar-refractivity contribution >= 4 is 16.8 Å². The molecule has 0 aromatic heterocycles. The van der Waals surface area contributed by atoms with Crippen molar-refractivity contribution in [2.75, 3.05) is 33.1 Å². The summed E-state index contributed by atoms with van der Waals surface area (Å²) in [6, 6.07) is 0.378. The van der Waals surface area contributed by atoms with Crippen molar-refractivity contribution in [1.82, 2.24) is 10.6 Å². The maximum Gasteiger partial charge on any atom is 0.191 e. The van der Waals surface area contributed by atoms with E-state index >= 15 is 0 Å². The van der Waals surface area contributed by atoms with Crippen molar-refractivity contribution in [3.8, 4) is 0 Å². The van der Waals surface area contributed by atoms with Gasteiger partial charge in [0.1, 0.15) is 0 Å². The number of ether oxygens (including phenoxy) is 1. The number of guanidine groups is 1. The summed E-state index contributed by atoms with van der Waals surface area (Å²) in [5, 5.41) is 6.98. The van der Waals surface area contributed by atoms with Gasteiger partial charge in [-0.2, -0.15) is 0 Å². The molecule has 0 spiro atoms. The molecule has 1 saturated carbocycles. The Morgan fingerprint density at radius 1 is 1.47 bits per heavy atom. The maximum absolute atomic E-state index is 11.9. The van der Waals surface area contributed by atoms with Crippen molar-refractivity contribution < 1.29 is 8.95 Å². The number of nitrogens with zero attached hydrogens (tertiary/aromatic N) is 1. The van der Waals surface area contributed by atoms with Gasteiger partial charge < -0.3 is 15.4 Å². The highest BCUT2D eigenvalue weighted by Gasteiger charge is 2.25. The quantitative estimate of drug-likeness (QED) is 0.433. The number of hydrogen-bond acceptors (Lipinski definition) is 3. The summed E-state index contributed by atoms with van der Waals surface area (Å²) in [6.07, 6.45) is 4.34. The second-order valence-corrected chi connectivity index (χ2v) is 6.80. The number of methoxy groups -OCH3 is 1. The van der Waals surface area contributed by atoms with Gasteiger partial charge in [-0.15, -0.1) is 0 Å². The van der Waals surface area contributed by atoms with E-state index in [1.165, 1.54) is 0 Å². The van der Waals surface area contributed by atoms with Crippen LogP contribution >= 0.6 is 0 Å². The van der Waals surface area contributed by atoms with Gasteiger partial charge in [0, 0.05) is 48.5 Å². The third-order valence-electron chi connectivity index (χ3n) is 3.45. The van der Waals surface area contributed by atoms with Crippen molar-refractivity contribution in [3.05, 3.63) is 0 Å². The topological polar surface area (TPSA) is 62.7 Å². The lowest BCUT2D eigenvalue weighted by atomic mass is 9.95. The second kappa shape index (κ2) is 9.31. The molecule has 19 heavy (non-hydrogen) atoms. The van der Waals surface area contributed by atoms with Crippen LogP contribution in [0.25, 0.3) is 0 Å². The Balaban J connectivity index is 2.39. The fraction of sp³-hybridized carbons (Fsp3) is 0.923. The summed E-state index contributed by atoms with van der Waals surface area (Å²) in [6.45, 7) is 3.40. The molecule has 112 valence electrons. The molecule has 3 unspecified atom stereocenters. The Bertz CT molecular complexity index is 310. The van der Waals surface area contributed by atoms with Gasteiger partial charge >= 0.3 is 0 Å². The van der Waals surface area contributed by atoms with E-state index in [1.54, 1.807) is 14.2 Å². The van der Waals surface area contributed by atoms with E-state index in [1.807, 2.05) is 6.92 Å². The number of aliphatic imine (C=N–C) groups is 1. The molecule has 3 atom stereocenters.